The molecule has 0 amide bonds. The molecule has 6 N–H and O–H groups in total. The number of hydrogen-bond acceptors (Lipinski definition) is 5. The van der Waals surface area contributed by atoms with Crippen LogP contribution in [0.5, 0.6) is 0 Å². The highest BCUT2D eigenvalue weighted by Gasteiger charge is 2.31. The Bertz CT molecular complexity index is 414. The first-order valence-electron chi connectivity index (χ1n) is 3.20. The summed E-state index contributed by atoms with van der Waals surface area (Å²) in [6.07, 6.45) is 1.29. The second kappa shape index (κ2) is 8.98. The van der Waals surface area contributed by atoms with Crippen LogP contribution >= 0.6 is 16.5 Å². The van der Waals surface area contributed by atoms with Gasteiger partial charge in [0.25, 0.3) is 5.56 Å². The number of nitrogens with one attached hydrogen (secondary N) is 2. The van der Waals surface area contributed by atoms with Crippen LogP contribution in [0.4, 0.5) is 0 Å². The quantitative estimate of drug-likeness (QED) is 0.475. The lowest BCUT2D eigenvalue weighted by atomic mass is 10.7. The first kappa shape index (κ1) is 17.1. The molecule has 2 atom stereocenters. The van der Waals surface area contributed by atoms with Gasteiger partial charge in [-0.05, 0) is 0 Å². The Morgan fingerprint density at radius 3 is 1.88 bits per heavy atom. The van der Waals surface area contributed by atoms with Crippen molar-refractivity contribution in [2.24, 2.45) is 0 Å². The first-order valence-corrected chi connectivity index (χ1v) is 5.46. The number of aromatic amines is 2. The predicted octanol–water partition coefficient (Wildman–Crippen LogP) is -1.46. The van der Waals surface area contributed by atoms with Crippen molar-refractivity contribution in [3.8, 4) is 0 Å². The van der Waals surface area contributed by atoms with Crippen molar-refractivity contribution in [1.29, 1.82) is 0 Å². The van der Waals surface area contributed by atoms with E-state index in [1.807, 2.05) is 4.98 Å². The van der Waals surface area contributed by atoms with Crippen LogP contribution in [0.15, 0.2) is 21.9 Å². The van der Waals surface area contributed by atoms with E-state index in [2.05, 4.69) is 9.29 Å². The average molecular weight is 274 g/mol. The first-order chi connectivity index (χ1) is 6.91. The van der Waals surface area contributed by atoms with Crippen molar-refractivity contribution in [2.45, 2.75) is 0 Å². The molecule has 1 heterocycles. The van der Waals surface area contributed by atoms with Gasteiger partial charge >= 0.3 is 22.2 Å². The zero-order valence-corrected chi connectivity index (χ0v) is 9.27. The number of hydrogen-bond donors (Lipinski definition) is 4. The summed E-state index contributed by atoms with van der Waals surface area (Å²) in [5.74, 6) is 0. The van der Waals surface area contributed by atoms with E-state index in [0.717, 1.165) is 0 Å². The molecule has 10 nitrogen and oxygen atoms in total. The zero-order chi connectivity index (χ0) is 11.8. The van der Waals surface area contributed by atoms with Gasteiger partial charge in [-0.3, -0.25) is 9.78 Å². The Morgan fingerprint density at radius 1 is 1.19 bits per heavy atom. The van der Waals surface area contributed by atoms with Gasteiger partial charge in [-0.1, -0.05) is 0 Å². The Hall–Kier alpha value is -1.28. The van der Waals surface area contributed by atoms with Gasteiger partial charge in [-0.2, -0.15) is 0 Å². The largest absolute Gasteiger partial charge is 0.745 e. The molecule has 0 bridgehead atoms. The summed E-state index contributed by atoms with van der Waals surface area (Å²) in [5.41, 5.74) is -0.855. The molecular formula is C4H8N2O8P2+2. The predicted molar refractivity (Wildman–Crippen MR) is 52.0 cm³/mol. The third-order valence-corrected chi connectivity index (χ3v) is 1.94. The average Bonchev–Trinajstić information content (AvgIpc) is 2.01. The minimum Gasteiger partial charge on any atom is -0.412 e. The Balaban J connectivity index is 0. The number of aromatic nitrogens is 2. The molecule has 0 spiro atoms. The fraction of sp³-hybridized carbons (Fsp3) is 0. The molecular weight excluding hydrogens is 266 g/mol. The van der Waals surface area contributed by atoms with Crippen LogP contribution in [-0.2, 0) is 13.4 Å². The van der Waals surface area contributed by atoms with E-state index in [1.165, 1.54) is 12.3 Å². The normalized spacial score (nSPS) is 10.4. The van der Waals surface area contributed by atoms with Crippen molar-refractivity contribution in [1.82, 2.24) is 9.97 Å². The summed E-state index contributed by atoms with van der Waals surface area (Å²) < 4.78 is 22.2. The smallest absolute Gasteiger partial charge is 0.412 e. The van der Waals surface area contributed by atoms with E-state index in [0.29, 0.717) is 0 Å². The summed E-state index contributed by atoms with van der Waals surface area (Å²) in [6.45, 7) is 0. The van der Waals surface area contributed by atoms with Gasteiger partial charge < -0.3 is 10.5 Å². The van der Waals surface area contributed by atoms with Crippen LogP contribution in [0, 0.1) is 0 Å². The van der Waals surface area contributed by atoms with E-state index in [-0.39, 0.29) is 11.0 Å². The molecule has 0 radical (unpaired) electrons. The third-order valence-electron chi connectivity index (χ3n) is 0.826. The highest BCUT2D eigenvalue weighted by molar-refractivity contribution is 7.46. The summed E-state index contributed by atoms with van der Waals surface area (Å²) in [4.78, 5) is 40.0. The van der Waals surface area contributed by atoms with Crippen LogP contribution in [0.25, 0.3) is 0 Å². The number of rotatable bonds is 2. The summed E-state index contributed by atoms with van der Waals surface area (Å²) in [6, 6.07) is 1.24. The Labute approximate surface area is 89.1 Å². The molecule has 0 fully saturated rings. The topological polar surface area (TPSA) is 181 Å². The Morgan fingerprint density at radius 2 is 1.69 bits per heavy atom. The minimum absolute atomic E-state index is 0. The molecule has 1 aromatic heterocycles. The Kier molecular flexibility index (Phi) is 9.61. The molecule has 1 aromatic rings. The van der Waals surface area contributed by atoms with Gasteiger partial charge in [0.15, 0.2) is 4.31 Å². The standard InChI is InChI=1S/C4H4N2O2.O5P2.H2O/c7-3-1-2-5-4(8)6-3;1-6(2)5-7(3)4;/h1-2H,(H2,5,6,7,8);;1H2/p+2. The van der Waals surface area contributed by atoms with Crippen molar-refractivity contribution >= 4 is 16.5 Å². The summed E-state index contributed by atoms with van der Waals surface area (Å²) in [5, 5.41) is 0. The molecule has 2 unspecified atom stereocenters. The highest BCUT2D eigenvalue weighted by atomic mass is 31.2. The fourth-order valence-electron chi connectivity index (χ4n) is 0.442. The molecule has 0 aliphatic carbocycles. The minimum atomic E-state index is -2.92. The van der Waals surface area contributed by atoms with Crippen LogP contribution < -0.4 is 11.2 Å². The molecule has 12 heteroatoms. The lowest BCUT2D eigenvalue weighted by Gasteiger charge is -1.75. The molecule has 0 saturated carbocycles. The van der Waals surface area contributed by atoms with E-state index >= 15 is 0 Å². The van der Waals surface area contributed by atoms with E-state index in [4.69, 9.17) is 9.79 Å². The lowest BCUT2D eigenvalue weighted by molar-refractivity contribution is 0.371. The monoisotopic (exact) mass is 274 g/mol. The SMILES string of the molecule is O.O=[P+](O)O[P+](=O)O.O=c1cc[nH]c(=O)[nH]1. The van der Waals surface area contributed by atoms with Crippen LogP contribution in [0.1, 0.15) is 0 Å². The van der Waals surface area contributed by atoms with Gasteiger partial charge in [0.05, 0.1) is 0 Å². The molecule has 90 valence electrons. The van der Waals surface area contributed by atoms with Gasteiger partial charge in [-0.15, -0.1) is 9.79 Å². The molecule has 0 saturated heterocycles. The highest BCUT2D eigenvalue weighted by Crippen LogP contribution is 2.30. The van der Waals surface area contributed by atoms with E-state index in [1.54, 1.807) is 0 Å². The maximum Gasteiger partial charge on any atom is 0.745 e. The molecule has 0 aliphatic heterocycles. The second-order valence-corrected chi connectivity index (χ2v) is 3.46. The summed E-state index contributed by atoms with van der Waals surface area (Å²) in [7, 11) is -5.85. The van der Waals surface area contributed by atoms with E-state index in [9.17, 15) is 18.7 Å². The third kappa shape index (κ3) is 10.8. The summed E-state index contributed by atoms with van der Waals surface area (Å²) >= 11 is 0. The lowest BCUT2D eigenvalue weighted by Crippen LogP contribution is -2.19. The van der Waals surface area contributed by atoms with E-state index < -0.39 is 22.2 Å². The van der Waals surface area contributed by atoms with Gasteiger partial charge in [-0.25, -0.2) is 4.79 Å². The van der Waals surface area contributed by atoms with Crippen LogP contribution in [0.3, 0.4) is 0 Å². The zero-order valence-electron chi connectivity index (χ0n) is 7.48. The van der Waals surface area contributed by atoms with Crippen molar-refractivity contribution in [3.05, 3.63) is 33.1 Å². The van der Waals surface area contributed by atoms with Crippen molar-refractivity contribution < 1.29 is 28.7 Å². The van der Waals surface area contributed by atoms with Crippen LogP contribution in [-0.4, -0.2) is 25.2 Å². The van der Waals surface area contributed by atoms with Gasteiger partial charge in [0.1, 0.15) is 0 Å². The molecule has 1 rings (SSSR count). The maximum absolute atomic E-state index is 10.2. The molecule has 0 aliphatic rings. The van der Waals surface area contributed by atoms with Crippen molar-refractivity contribution in [2.75, 3.05) is 0 Å². The molecule has 16 heavy (non-hydrogen) atoms. The van der Waals surface area contributed by atoms with Gasteiger partial charge in [0.2, 0.25) is 0 Å². The van der Waals surface area contributed by atoms with Crippen LogP contribution in [0.2, 0.25) is 0 Å². The molecule has 0 aromatic carbocycles. The fourth-order valence-corrected chi connectivity index (χ4v) is 0.920. The maximum atomic E-state index is 10.2. The van der Waals surface area contributed by atoms with Crippen molar-refractivity contribution in [3.63, 3.8) is 0 Å². The number of H-pyrrole nitrogens is 2. The second-order valence-electron chi connectivity index (χ2n) is 1.85. The van der Waals surface area contributed by atoms with Gasteiger partial charge in [0, 0.05) is 21.4 Å².